The van der Waals surface area contributed by atoms with Crippen molar-refractivity contribution in [3.63, 3.8) is 0 Å². The van der Waals surface area contributed by atoms with Crippen molar-refractivity contribution in [2.24, 2.45) is 0 Å². The molecule has 0 N–H and O–H groups in total. The zero-order valence-electron chi connectivity index (χ0n) is 16.2. The number of rotatable bonds is 5. The van der Waals surface area contributed by atoms with Crippen molar-refractivity contribution >= 4 is 15.7 Å². The van der Waals surface area contributed by atoms with Gasteiger partial charge in [0, 0.05) is 50.8 Å². The van der Waals surface area contributed by atoms with Crippen molar-refractivity contribution in [1.29, 1.82) is 0 Å². The number of hydrogen-bond donors (Lipinski definition) is 0. The number of hydrogen-bond acceptors (Lipinski definition) is 6. The molecule has 0 radical (unpaired) electrons. The van der Waals surface area contributed by atoms with Crippen LogP contribution in [0.1, 0.15) is 16.7 Å². The van der Waals surface area contributed by atoms with Crippen LogP contribution in [0.4, 0.5) is 5.69 Å². The summed E-state index contributed by atoms with van der Waals surface area (Å²) in [5.74, 6) is 0.955. The third kappa shape index (κ3) is 3.98. The third-order valence-electron chi connectivity index (χ3n) is 5.51. The maximum Gasteiger partial charge on any atom is 0.273 e. The van der Waals surface area contributed by atoms with Crippen molar-refractivity contribution in [2.75, 3.05) is 32.8 Å². The van der Waals surface area contributed by atoms with Gasteiger partial charge in [-0.25, -0.2) is 8.42 Å². The fourth-order valence-corrected chi connectivity index (χ4v) is 5.26. The van der Waals surface area contributed by atoms with Crippen molar-refractivity contribution in [3.05, 3.63) is 63.2 Å². The van der Waals surface area contributed by atoms with Crippen LogP contribution in [0.3, 0.4) is 0 Å². The molecule has 4 rings (SSSR count). The van der Waals surface area contributed by atoms with Crippen molar-refractivity contribution < 1.29 is 18.1 Å². The Morgan fingerprint density at radius 2 is 1.86 bits per heavy atom. The zero-order chi connectivity index (χ0) is 20.6. The van der Waals surface area contributed by atoms with Gasteiger partial charge >= 0.3 is 0 Å². The van der Waals surface area contributed by atoms with Crippen molar-refractivity contribution in [2.45, 2.75) is 24.8 Å². The smallest absolute Gasteiger partial charge is 0.273 e. The number of piperazine rings is 1. The van der Waals surface area contributed by atoms with Gasteiger partial charge in [0.1, 0.15) is 5.75 Å². The lowest BCUT2D eigenvalue weighted by molar-refractivity contribution is -0.385. The van der Waals surface area contributed by atoms with Crippen LogP contribution in [0.2, 0.25) is 0 Å². The first-order chi connectivity index (χ1) is 13.8. The lowest BCUT2D eigenvalue weighted by atomic mass is 10.1. The third-order valence-corrected chi connectivity index (χ3v) is 7.40. The topological polar surface area (TPSA) is 93.0 Å². The van der Waals surface area contributed by atoms with Gasteiger partial charge in [0.15, 0.2) is 0 Å². The minimum absolute atomic E-state index is 0.0260. The lowest BCUT2D eigenvalue weighted by Crippen LogP contribution is -2.48. The van der Waals surface area contributed by atoms with Gasteiger partial charge in [-0.1, -0.05) is 18.2 Å². The van der Waals surface area contributed by atoms with E-state index in [9.17, 15) is 18.5 Å². The lowest BCUT2D eigenvalue weighted by Gasteiger charge is -2.34. The number of sulfonamides is 1. The van der Waals surface area contributed by atoms with Gasteiger partial charge in [-0.3, -0.25) is 15.0 Å². The highest BCUT2D eigenvalue weighted by molar-refractivity contribution is 7.89. The van der Waals surface area contributed by atoms with E-state index in [2.05, 4.69) is 17.0 Å². The maximum absolute atomic E-state index is 12.9. The average molecular weight is 417 g/mol. The fraction of sp³-hybridized carbons (Fsp3) is 0.400. The molecule has 0 bridgehead atoms. The number of fused-ring (bicyclic) bond motifs is 1. The average Bonchev–Trinajstić information content (AvgIpc) is 3.16. The van der Waals surface area contributed by atoms with E-state index in [0.717, 1.165) is 31.4 Å². The molecular formula is C20H23N3O5S. The van der Waals surface area contributed by atoms with Crippen LogP contribution in [-0.4, -0.2) is 55.3 Å². The number of ether oxygens (including phenoxy) is 1. The summed E-state index contributed by atoms with van der Waals surface area (Å²) in [6.07, 6.45) is 0.928. The molecule has 9 heteroatoms. The van der Waals surface area contributed by atoms with E-state index in [0.29, 0.717) is 31.7 Å². The number of nitro groups is 1. The Balaban J connectivity index is 1.42. The molecule has 0 aliphatic carbocycles. The van der Waals surface area contributed by atoms with Crippen LogP contribution in [0.15, 0.2) is 41.3 Å². The molecule has 0 spiro atoms. The predicted octanol–water partition coefficient (Wildman–Crippen LogP) is 2.34. The summed E-state index contributed by atoms with van der Waals surface area (Å²) in [6, 6.07) is 10.3. The Bertz CT molecular complexity index is 1050. The summed E-state index contributed by atoms with van der Waals surface area (Å²) in [6.45, 7) is 5.03. The molecule has 2 aliphatic heterocycles. The Morgan fingerprint density at radius 1 is 1.10 bits per heavy atom. The highest BCUT2D eigenvalue weighted by Crippen LogP contribution is 2.27. The van der Waals surface area contributed by atoms with Crippen LogP contribution >= 0.6 is 0 Å². The summed E-state index contributed by atoms with van der Waals surface area (Å²) >= 11 is 0. The highest BCUT2D eigenvalue weighted by Gasteiger charge is 2.30. The van der Waals surface area contributed by atoms with Gasteiger partial charge in [-0.2, -0.15) is 4.31 Å². The molecule has 0 unspecified atom stereocenters. The first-order valence-electron chi connectivity index (χ1n) is 9.57. The second-order valence-electron chi connectivity index (χ2n) is 7.43. The number of nitro benzene ring substituents is 1. The number of nitrogens with zero attached hydrogens (tertiary/aromatic N) is 3. The van der Waals surface area contributed by atoms with E-state index in [4.69, 9.17) is 4.74 Å². The number of aryl methyl sites for hydroxylation is 1. The van der Waals surface area contributed by atoms with Gasteiger partial charge in [-0.15, -0.1) is 0 Å². The van der Waals surface area contributed by atoms with Crippen molar-refractivity contribution in [3.8, 4) is 5.75 Å². The molecular weight excluding hydrogens is 394 g/mol. The molecule has 0 amide bonds. The van der Waals surface area contributed by atoms with Crippen LogP contribution in [0.25, 0.3) is 0 Å². The monoisotopic (exact) mass is 417 g/mol. The van der Waals surface area contributed by atoms with Gasteiger partial charge in [0.25, 0.3) is 5.69 Å². The Hall–Kier alpha value is -2.49. The van der Waals surface area contributed by atoms with E-state index in [1.165, 1.54) is 27.6 Å². The molecule has 1 fully saturated rings. The molecule has 2 heterocycles. The van der Waals surface area contributed by atoms with Crippen LogP contribution in [-0.2, 0) is 23.0 Å². The van der Waals surface area contributed by atoms with E-state index < -0.39 is 14.9 Å². The minimum Gasteiger partial charge on any atom is -0.493 e. The summed E-state index contributed by atoms with van der Waals surface area (Å²) in [4.78, 5) is 12.8. The first kappa shape index (κ1) is 19.8. The summed E-state index contributed by atoms with van der Waals surface area (Å²) in [5.41, 5.74) is 2.69. The Morgan fingerprint density at radius 3 is 2.59 bits per heavy atom. The van der Waals surface area contributed by atoms with E-state index in [1.54, 1.807) is 6.92 Å². The van der Waals surface area contributed by atoms with E-state index >= 15 is 0 Å². The Kier molecular flexibility index (Phi) is 5.28. The molecule has 8 nitrogen and oxygen atoms in total. The summed E-state index contributed by atoms with van der Waals surface area (Å²) in [5, 5.41) is 11.1. The largest absolute Gasteiger partial charge is 0.493 e. The second-order valence-corrected chi connectivity index (χ2v) is 9.36. The van der Waals surface area contributed by atoms with Gasteiger partial charge in [-0.05, 0) is 30.2 Å². The zero-order valence-corrected chi connectivity index (χ0v) is 17.0. The molecule has 2 aromatic rings. The molecule has 2 aromatic carbocycles. The van der Waals surface area contributed by atoms with E-state index in [1.807, 2.05) is 6.07 Å². The number of benzene rings is 2. The highest BCUT2D eigenvalue weighted by atomic mass is 32.2. The van der Waals surface area contributed by atoms with Gasteiger partial charge in [0.2, 0.25) is 10.0 Å². The van der Waals surface area contributed by atoms with Gasteiger partial charge in [0.05, 0.1) is 16.4 Å². The second kappa shape index (κ2) is 7.74. The normalized spacial score (nSPS) is 17.7. The quantitative estimate of drug-likeness (QED) is 0.548. The fourth-order valence-electron chi connectivity index (χ4n) is 3.82. The minimum atomic E-state index is -3.75. The first-order valence-corrected chi connectivity index (χ1v) is 11.0. The van der Waals surface area contributed by atoms with Crippen molar-refractivity contribution in [1.82, 2.24) is 9.21 Å². The summed E-state index contributed by atoms with van der Waals surface area (Å²) < 4.78 is 32.8. The molecule has 29 heavy (non-hydrogen) atoms. The predicted molar refractivity (Wildman–Crippen MR) is 108 cm³/mol. The maximum atomic E-state index is 12.9. The molecule has 2 aliphatic rings. The molecule has 1 saturated heterocycles. The van der Waals surface area contributed by atoms with Crippen LogP contribution < -0.4 is 4.74 Å². The van der Waals surface area contributed by atoms with Gasteiger partial charge < -0.3 is 4.74 Å². The molecule has 0 aromatic heterocycles. The summed E-state index contributed by atoms with van der Waals surface area (Å²) in [7, 11) is -3.75. The molecule has 0 atom stereocenters. The van der Waals surface area contributed by atoms with E-state index in [-0.39, 0.29) is 10.6 Å². The molecule has 0 saturated carbocycles. The van der Waals surface area contributed by atoms with Crippen LogP contribution in [0, 0.1) is 17.0 Å². The SMILES string of the molecule is Cc1ccc(S(=O)(=O)N2CCN(Cc3ccc4c(c3)CCO4)CC2)cc1[N+](=O)[O-]. The molecule has 154 valence electrons. The Labute approximate surface area is 169 Å². The van der Waals surface area contributed by atoms with Crippen LogP contribution in [0.5, 0.6) is 5.75 Å². The standard InChI is InChI=1S/C20H23N3O5S/c1-15-2-4-18(13-19(15)23(24)25)29(26,27)22-9-7-21(8-10-22)14-16-3-5-20-17(12-16)6-11-28-20/h2-5,12-13H,6-11,14H2,1H3.